The SMILES string of the molecule is NCC1(c2cc(F)cc(C(F)(F)F)c2)CCC1. The Kier molecular flexibility index (Phi) is 2.89. The Morgan fingerprint density at radius 3 is 2.24 bits per heavy atom. The molecule has 0 unspecified atom stereocenters. The van der Waals surface area contributed by atoms with Gasteiger partial charge in [-0.3, -0.25) is 0 Å². The quantitative estimate of drug-likeness (QED) is 0.798. The van der Waals surface area contributed by atoms with E-state index in [4.69, 9.17) is 5.73 Å². The van der Waals surface area contributed by atoms with Crippen molar-refractivity contribution in [2.75, 3.05) is 6.54 Å². The Labute approximate surface area is 96.6 Å². The van der Waals surface area contributed by atoms with Gasteiger partial charge in [-0.25, -0.2) is 4.39 Å². The van der Waals surface area contributed by atoms with Gasteiger partial charge in [-0.1, -0.05) is 6.42 Å². The number of halogens is 4. The molecule has 0 amide bonds. The van der Waals surface area contributed by atoms with E-state index in [1.165, 1.54) is 6.07 Å². The van der Waals surface area contributed by atoms with Gasteiger partial charge in [-0.2, -0.15) is 13.2 Å². The van der Waals surface area contributed by atoms with Crippen LogP contribution in [0.1, 0.15) is 30.4 Å². The Bertz CT molecular complexity index is 415. The Morgan fingerprint density at radius 2 is 1.82 bits per heavy atom. The zero-order valence-electron chi connectivity index (χ0n) is 9.15. The largest absolute Gasteiger partial charge is 0.416 e. The number of hydrogen-bond donors (Lipinski definition) is 1. The first-order valence-corrected chi connectivity index (χ1v) is 5.46. The van der Waals surface area contributed by atoms with Gasteiger partial charge < -0.3 is 5.73 Å². The monoisotopic (exact) mass is 247 g/mol. The first-order chi connectivity index (χ1) is 7.87. The zero-order valence-corrected chi connectivity index (χ0v) is 9.15. The molecule has 1 aromatic carbocycles. The second kappa shape index (κ2) is 3.98. The van der Waals surface area contributed by atoms with Crippen LogP contribution in [0.5, 0.6) is 0 Å². The highest BCUT2D eigenvalue weighted by atomic mass is 19.4. The number of hydrogen-bond acceptors (Lipinski definition) is 1. The standard InChI is InChI=1S/C12H13F4N/c13-10-5-8(11(7-17)2-1-3-11)4-9(6-10)12(14,15)16/h4-6H,1-3,7,17H2. The van der Waals surface area contributed by atoms with Crippen molar-refractivity contribution in [3.63, 3.8) is 0 Å². The van der Waals surface area contributed by atoms with Crippen LogP contribution in [0, 0.1) is 5.82 Å². The molecule has 0 aliphatic heterocycles. The molecule has 1 aromatic rings. The van der Waals surface area contributed by atoms with Crippen molar-refractivity contribution >= 4 is 0 Å². The molecule has 0 saturated heterocycles. The maximum Gasteiger partial charge on any atom is 0.416 e. The molecule has 1 aliphatic carbocycles. The van der Waals surface area contributed by atoms with Crippen LogP contribution < -0.4 is 5.73 Å². The molecule has 2 rings (SSSR count). The van der Waals surface area contributed by atoms with Crippen molar-refractivity contribution in [2.45, 2.75) is 30.9 Å². The molecular formula is C12H13F4N. The molecule has 1 fully saturated rings. The highest BCUT2D eigenvalue weighted by molar-refractivity contribution is 5.34. The van der Waals surface area contributed by atoms with Crippen molar-refractivity contribution < 1.29 is 17.6 Å². The summed E-state index contributed by atoms with van der Waals surface area (Å²) in [5.74, 6) is -0.852. The third kappa shape index (κ3) is 2.16. The summed E-state index contributed by atoms with van der Waals surface area (Å²) in [6, 6.07) is 2.71. The molecule has 94 valence electrons. The molecule has 0 aromatic heterocycles. The highest BCUT2D eigenvalue weighted by Crippen LogP contribution is 2.44. The number of rotatable bonds is 2. The Morgan fingerprint density at radius 1 is 1.18 bits per heavy atom. The van der Waals surface area contributed by atoms with Crippen LogP contribution in [0.25, 0.3) is 0 Å². The van der Waals surface area contributed by atoms with Gasteiger partial charge in [0, 0.05) is 12.0 Å². The molecule has 0 spiro atoms. The lowest BCUT2D eigenvalue weighted by molar-refractivity contribution is -0.137. The summed E-state index contributed by atoms with van der Waals surface area (Å²) in [6.45, 7) is 0.258. The summed E-state index contributed by atoms with van der Waals surface area (Å²) in [5, 5.41) is 0. The lowest BCUT2D eigenvalue weighted by atomic mass is 9.64. The van der Waals surface area contributed by atoms with Gasteiger partial charge in [0.1, 0.15) is 5.82 Å². The van der Waals surface area contributed by atoms with E-state index < -0.39 is 23.0 Å². The third-order valence-electron chi connectivity index (χ3n) is 3.54. The van der Waals surface area contributed by atoms with E-state index in [0.717, 1.165) is 25.3 Å². The van der Waals surface area contributed by atoms with Gasteiger partial charge in [0.15, 0.2) is 0 Å². The first kappa shape index (κ1) is 12.4. The van der Waals surface area contributed by atoms with E-state index in [1.807, 2.05) is 0 Å². The Hall–Kier alpha value is -1.10. The molecular weight excluding hydrogens is 234 g/mol. The van der Waals surface area contributed by atoms with Crippen molar-refractivity contribution in [1.82, 2.24) is 0 Å². The smallest absolute Gasteiger partial charge is 0.330 e. The predicted molar refractivity (Wildman–Crippen MR) is 56.0 cm³/mol. The fourth-order valence-corrected chi connectivity index (χ4v) is 2.27. The van der Waals surface area contributed by atoms with E-state index >= 15 is 0 Å². The molecule has 1 saturated carbocycles. The van der Waals surface area contributed by atoms with Crippen LogP contribution in [0.3, 0.4) is 0 Å². The van der Waals surface area contributed by atoms with Crippen molar-refractivity contribution in [3.8, 4) is 0 Å². The minimum Gasteiger partial charge on any atom is -0.330 e. The van der Waals surface area contributed by atoms with Crippen LogP contribution >= 0.6 is 0 Å². The predicted octanol–water partition coefficient (Wildman–Crippen LogP) is 3.22. The second-order valence-electron chi connectivity index (χ2n) is 4.56. The average molecular weight is 247 g/mol. The normalized spacial score (nSPS) is 18.9. The average Bonchev–Trinajstić information content (AvgIpc) is 2.14. The molecule has 1 aliphatic rings. The van der Waals surface area contributed by atoms with Gasteiger partial charge in [0.2, 0.25) is 0 Å². The topological polar surface area (TPSA) is 26.0 Å². The molecule has 0 heterocycles. The molecule has 0 atom stereocenters. The van der Waals surface area contributed by atoms with Gasteiger partial charge in [-0.15, -0.1) is 0 Å². The van der Waals surface area contributed by atoms with Crippen LogP contribution in [-0.2, 0) is 11.6 Å². The second-order valence-corrected chi connectivity index (χ2v) is 4.56. The van der Waals surface area contributed by atoms with Crippen LogP contribution in [-0.4, -0.2) is 6.54 Å². The fourth-order valence-electron chi connectivity index (χ4n) is 2.27. The summed E-state index contributed by atoms with van der Waals surface area (Å²) in [7, 11) is 0. The zero-order chi connectivity index (χ0) is 12.7. The third-order valence-corrected chi connectivity index (χ3v) is 3.54. The summed E-state index contributed by atoms with van der Waals surface area (Å²) in [4.78, 5) is 0. The lowest BCUT2D eigenvalue weighted by Gasteiger charge is -2.41. The molecule has 5 heteroatoms. The van der Waals surface area contributed by atoms with E-state index in [0.29, 0.717) is 11.6 Å². The van der Waals surface area contributed by atoms with Gasteiger partial charge >= 0.3 is 6.18 Å². The molecule has 17 heavy (non-hydrogen) atoms. The van der Waals surface area contributed by atoms with Gasteiger partial charge in [-0.05, 0) is 36.6 Å². The maximum absolute atomic E-state index is 13.2. The summed E-state index contributed by atoms with van der Waals surface area (Å²) >= 11 is 0. The van der Waals surface area contributed by atoms with Crippen molar-refractivity contribution in [3.05, 3.63) is 35.1 Å². The summed E-state index contributed by atoms with van der Waals surface area (Å²) < 4.78 is 50.9. The van der Waals surface area contributed by atoms with Crippen molar-refractivity contribution in [1.29, 1.82) is 0 Å². The van der Waals surface area contributed by atoms with Gasteiger partial charge in [0.25, 0.3) is 0 Å². The van der Waals surface area contributed by atoms with E-state index in [2.05, 4.69) is 0 Å². The molecule has 0 bridgehead atoms. The molecule has 0 radical (unpaired) electrons. The highest BCUT2D eigenvalue weighted by Gasteiger charge is 2.40. The van der Waals surface area contributed by atoms with E-state index in [9.17, 15) is 17.6 Å². The van der Waals surface area contributed by atoms with Crippen molar-refractivity contribution in [2.24, 2.45) is 5.73 Å². The molecule has 1 nitrogen and oxygen atoms in total. The number of benzene rings is 1. The minimum atomic E-state index is -4.52. The summed E-state index contributed by atoms with van der Waals surface area (Å²) in [6.07, 6.45) is -2.14. The fraction of sp³-hybridized carbons (Fsp3) is 0.500. The molecule has 2 N–H and O–H groups in total. The maximum atomic E-state index is 13.2. The van der Waals surface area contributed by atoms with Crippen LogP contribution in [0.4, 0.5) is 17.6 Å². The first-order valence-electron chi connectivity index (χ1n) is 5.46. The van der Waals surface area contributed by atoms with Gasteiger partial charge in [0.05, 0.1) is 5.56 Å². The summed E-state index contributed by atoms with van der Waals surface area (Å²) in [5.41, 5.74) is 4.59. The minimum absolute atomic E-state index is 0.258. The Balaban J connectivity index is 2.45. The van der Waals surface area contributed by atoms with Crippen LogP contribution in [0.2, 0.25) is 0 Å². The lowest BCUT2D eigenvalue weighted by Crippen LogP contribution is -2.41. The number of nitrogens with two attached hydrogens (primary N) is 1. The van der Waals surface area contributed by atoms with E-state index in [1.54, 1.807) is 0 Å². The number of alkyl halides is 3. The van der Waals surface area contributed by atoms with Crippen LogP contribution in [0.15, 0.2) is 18.2 Å². The van der Waals surface area contributed by atoms with E-state index in [-0.39, 0.29) is 6.54 Å².